The monoisotopic (exact) mass is 255 g/mol. The molecule has 0 saturated heterocycles. The lowest BCUT2D eigenvalue weighted by Crippen LogP contribution is -2.17. The van der Waals surface area contributed by atoms with Crippen LogP contribution in [0.3, 0.4) is 0 Å². The van der Waals surface area contributed by atoms with Crippen molar-refractivity contribution in [1.82, 2.24) is 4.98 Å². The van der Waals surface area contributed by atoms with Gasteiger partial charge in [-0.05, 0) is 49.1 Å². The van der Waals surface area contributed by atoms with Crippen LogP contribution in [-0.2, 0) is 0 Å². The maximum absolute atomic E-state index is 5.77. The molecule has 1 fully saturated rings. The fourth-order valence-corrected chi connectivity index (χ4v) is 2.88. The van der Waals surface area contributed by atoms with Crippen LogP contribution in [0.2, 0.25) is 0 Å². The first-order valence-corrected chi connectivity index (χ1v) is 7.21. The Morgan fingerprint density at radius 3 is 2.79 bits per heavy atom. The normalized spacial score (nSPS) is 16.6. The van der Waals surface area contributed by atoms with Crippen LogP contribution in [0.1, 0.15) is 32.1 Å². The molecule has 0 unspecified atom stereocenters. The minimum absolute atomic E-state index is 0.789. The van der Waals surface area contributed by atoms with E-state index in [9.17, 15) is 0 Å². The Bertz CT molecular complexity index is 559. The lowest BCUT2D eigenvalue weighted by molar-refractivity contribution is 0.373. The van der Waals surface area contributed by atoms with Gasteiger partial charge >= 0.3 is 0 Å². The molecule has 3 heteroatoms. The molecule has 1 heterocycles. The van der Waals surface area contributed by atoms with Gasteiger partial charge in [0.15, 0.2) is 0 Å². The molecule has 3 N–H and O–H groups in total. The van der Waals surface area contributed by atoms with E-state index in [1.165, 1.54) is 32.1 Å². The first-order chi connectivity index (χ1) is 9.31. The summed E-state index contributed by atoms with van der Waals surface area (Å²) in [5, 5.41) is 4.58. The highest BCUT2D eigenvalue weighted by molar-refractivity contribution is 5.83. The zero-order chi connectivity index (χ0) is 13.1. The molecule has 3 rings (SSSR count). The molecule has 1 saturated carbocycles. The van der Waals surface area contributed by atoms with Crippen molar-refractivity contribution in [3.8, 4) is 0 Å². The van der Waals surface area contributed by atoms with Crippen molar-refractivity contribution >= 4 is 22.4 Å². The van der Waals surface area contributed by atoms with E-state index in [2.05, 4.69) is 16.4 Å². The Labute approximate surface area is 114 Å². The SMILES string of the molecule is Nc1ccc2nc(NCC3CCCCC3)ccc2c1. The number of aromatic nitrogens is 1. The van der Waals surface area contributed by atoms with E-state index in [1.807, 2.05) is 24.3 Å². The van der Waals surface area contributed by atoms with Gasteiger partial charge in [-0.2, -0.15) is 0 Å². The largest absolute Gasteiger partial charge is 0.399 e. The first-order valence-electron chi connectivity index (χ1n) is 7.21. The van der Waals surface area contributed by atoms with Crippen LogP contribution in [0.15, 0.2) is 30.3 Å². The molecule has 100 valence electrons. The average molecular weight is 255 g/mol. The van der Waals surface area contributed by atoms with Gasteiger partial charge in [-0.3, -0.25) is 0 Å². The van der Waals surface area contributed by atoms with Gasteiger partial charge in [0.25, 0.3) is 0 Å². The molecule has 0 radical (unpaired) electrons. The lowest BCUT2D eigenvalue weighted by atomic mass is 9.89. The third-order valence-electron chi connectivity index (χ3n) is 4.01. The van der Waals surface area contributed by atoms with E-state index in [-0.39, 0.29) is 0 Å². The molecule has 1 aromatic carbocycles. The Hall–Kier alpha value is -1.77. The van der Waals surface area contributed by atoms with E-state index >= 15 is 0 Å². The Morgan fingerprint density at radius 1 is 1.11 bits per heavy atom. The third-order valence-corrected chi connectivity index (χ3v) is 4.01. The number of fused-ring (bicyclic) bond motifs is 1. The number of nitrogens with one attached hydrogen (secondary N) is 1. The highest BCUT2D eigenvalue weighted by Crippen LogP contribution is 2.24. The van der Waals surface area contributed by atoms with Gasteiger partial charge in [-0.15, -0.1) is 0 Å². The van der Waals surface area contributed by atoms with Crippen molar-refractivity contribution in [1.29, 1.82) is 0 Å². The van der Waals surface area contributed by atoms with Crippen molar-refractivity contribution in [2.24, 2.45) is 5.92 Å². The summed E-state index contributed by atoms with van der Waals surface area (Å²) in [6.45, 7) is 1.05. The number of nitrogens with two attached hydrogens (primary N) is 1. The predicted octanol–water partition coefficient (Wildman–Crippen LogP) is 3.81. The maximum Gasteiger partial charge on any atom is 0.126 e. The number of anilines is 2. The summed E-state index contributed by atoms with van der Waals surface area (Å²) in [7, 11) is 0. The Balaban J connectivity index is 1.69. The van der Waals surface area contributed by atoms with Crippen LogP contribution < -0.4 is 11.1 Å². The van der Waals surface area contributed by atoms with Crippen LogP contribution >= 0.6 is 0 Å². The standard InChI is InChI=1S/C16H21N3/c17-14-7-8-15-13(10-14)6-9-16(19-15)18-11-12-4-2-1-3-5-12/h6-10,12H,1-5,11,17H2,(H,18,19). The number of nitrogens with zero attached hydrogens (tertiary/aromatic N) is 1. The third kappa shape index (κ3) is 2.98. The smallest absolute Gasteiger partial charge is 0.126 e. The fraction of sp³-hybridized carbons (Fsp3) is 0.438. The van der Waals surface area contributed by atoms with Gasteiger partial charge in [-0.1, -0.05) is 19.3 Å². The lowest BCUT2D eigenvalue weighted by Gasteiger charge is -2.22. The van der Waals surface area contributed by atoms with Crippen molar-refractivity contribution in [3.05, 3.63) is 30.3 Å². The molecule has 19 heavy (non-hydrogen) atoms. The second-order valence-electron chi connectivity index (χ2n) is 5.53. The average Bonchev–Trinajstić information content (AvgIpc) is 2.46. The van der Waals surface area contributed by atoms with Crippen LogP contribution in [0.5, 0.6) is 0 Å². The number of hydrogen-bond acceptors (Lipinski definition) is 3. The highest BCUT2D eigenvalue weighted by Gasteiger charge is 2.13. The van der Waals surface area contributed by atoms with Gasteiger partial charge in [-0.25, -0.2) is 4.98 Å². The molecule has 0 aliphatic heterocycles. The van der Waals surface area contributed by atoms with Crippen LogP contribution in [0.4, 0.5) is 11.5 Å². The minimum atomic E-state index is 0.789. The second kappa shape index (κ2) is 5.47. The maximum atomic E-state index is 5.77. The number of pyridine rings is 1. The number of rotatable bonds is 3. The van der Waals surface area contributed by atoms with Gasteiger partial charge in [0.05, 0.1) is 5.52 Å². The summed E-state index contributed by atoms with van der Waals surface area (Å²) in [5.41, 5.74) is 7.57. The summed E-state index contributed by atoms with van der Waals surface area (Å²) in [6.07, 6.45) is 6.90. The van der Waals surface area contributed by atoms with E-state index in [4.69, 9.17) is 5.73 Å². The molecule has 0 atom stereocenters. The first kappa shape index (κ1) is 12.3. The number of hydrogen-bond donors (Lipinski definition) is 2. The zero-order valence-electron chi connectivity index (χ0n) is 11.2. The minimum Gasteiger partial charge on any atom is -0.399 e. The van der Waals surface area contributed by atoms with Gasteiger partial charge in [0.1, 0.15) is 5.82 Å². The summed E-state index contributed by atoms with van der Waals surface area (Å²) in [6, 6.07) is 9.98. The van der Waals surface area contributed by atoms with Crippen LogP contribution in [0, 0.1) is 5.92 Å². The van der Waals surface area contributed by atoms with Crippen molar-refractivity contribution in [3.63, 3.8) is 0 Å². The molecule has 0 amide bonds. The van der Waals surface area contributed by atoms with Gasteiger partial charge in [0, 0.05) is 17.6 Å². The molecular weight excluding hydrogens is 234 g/mol. The molecule has 1 aliphatic rings. The van der Waals surface area contributed by atoms with Gasteiger partial charge in [0.2, 0.25) is 0 Å². The van der Waals surface area contributed by atoms with E-state index in [0.29, 0.717) is 0 Å². The summed E-state index contributed by atoms with van der Waals surface area (Å²) < 4.78 is 0. The van der Waals surface area contributed by atoms with E-state index in [0.717, 1.165) is 34.9 Å². The van der Waals surface area contributed by atoms with Crippen LogP contribution in [-0.4, -0.2) is 11.5 Å². The summed E-state index contributed by atoms with van der Waals surface area (Å²) >= 11 is 0. The van der Waals surface area contributed by atoms with Crippen molar-refractivity contribution in [2.45, 2.75) is 32.1 Å². The molecule has 0 bridgehead atoms. The number of nitrogen functional groups attached to an aromatic ring is 1. The zero-order valence-corrected chi connectivity index (χ0v) is 11.2. The van der Waals surface area contributed by atoms with E-state index < -0.39 is 0 Å². The molecule has 2 aromatic rings. The fourth-order valence-electron chi connectivity index (χ4n) is 2.88. The van der Waals surface area contributed by atoms with Crippen molar-refractivity contribution < 1.29 is 0 Å². The molecule has 1 aromatic heterocycles. The molecular formula is C16H21N3. The van der Waals surface area contributed by atoms with Crippen LogP contribution in [0.25, 0.3) is 10.9 Å². The highest BCUT2D eigenvalue weighted by atomic mass is 15.0. The topological polar surface area (TPSA) is 50.9 Å². The molecule has 0 spiro atoms. The van der Waals surface area contributed by atoms with Crippen molar-refractivity contribution in [2.75, 3.05) is 17.6 Å². The Kier molecular flexibility index (Phi) is 3.53. The van der Waals surface area contributed by atoms with Gasteiger partial charge < -0.3 is 11.1 Å². The molecule has 1 aliphatic carbocycles. The van der Waals surface area contributed by atoms with E-state index in [1.54, 1.807) is 0 Å². The summed E-state index contributed by atoms with van der Waals surface area (Å²) in [4.78, 5) is 4.63. The second-order valence-corrected chi connectivity index (χ2v) is 5.53. The predicted molar refractivity (Wildman–Crippen MR) is 81.2 cm³/mol. The Morgan fingerprint density at radius 2 is 1.95 bits per heavy atom. The summed E-state index contributed by atoms with van der Waals surface area (Å²) in [5.74, 6) is 1.79. The number of benzene rings is 1. The molecule has 3 nitrogen and oxygen atoms in total. The quantitative estimate of drug-likeness (QED) is 0.820.